The molecule has 0 saturated carbocycles. The fraction of sp³-hybridized carbons (Fsp3) is 0.600. The van der Waals surface area contributed by atoms with Crippen LogP contribution in [0, 0.1) is 18.2 Å². The van der Waals surface area contributed by atoms with Gasteiger partial charge in [-0.25, -0.2) is 4.39 Å². The van der Waals surface area contributed by atoms with Gasteiger partial charge in [0, 0.05) is 12.1 Å². The molecule has 3 rings (SSSR count). The van der Waals surface area contributed by atoms with Gasteiger partial charge in [-0.15, -0.1) is 0 Å². The van der Waals surface area contributed by atoms with Crippen molar-refractivity contribution in [2.45, 2.75) is 58.5 Å². The summed E-state index contributed by atoms with van der Waals surface area (Å²) in [6.07, 6.45) is 3.32. The zero-order chi connectivity index (χ0) is 18.9. The first kappa shape index (κ1) is 18.8. The maximum Gasteiger partial charge on any atom is 0.313 e. The third-order valence-electron chi connectivity index (χ3n) is 5.92. The number of fused-ring (bicyclic) bond motifs is 2. The first-order valence-electron chi connectivity index (χ1n) is 9.40. The third-order valence-corrected chi connectivity index (χ3v) is 5.92. The minimum Gasteiger partial charge on any atom is -0.466 e. The number of ether oxygens (including phenoxy) is 1. The molecule has 0 aromatic heterocycles. The average molecular weight is 362 g/mol. The molecule has 2 bridgehead atoms. The molecule has 2 aliphatic rings. The lowest BCUT2D eigenvalue weighted by atomic mass is 9.72. The molecule has 142 valence electrons. The van der Waals surface area contributed by atoms with E-state index in [1.54, 1.807) is 12.1 Å². The second-order valence-corrected chi connectivity index (χ2v) is 7.39. The van der Waals surface area contributed by atoms with Crippen LogP contribution in [0.5, 0.6) is 0 Å². The molecule has 1 aromatic rings. The Labute approximate surface area is 153 Å². The molecule has 1 aromatic carbocycles. The predicted octanol–water partition coefficient (Wildman–Crippen LogP) is 3.27. The van der Waals surface area contributed by atoms with Gasteiger partial charge >= 0.3 is 5.97 Å². The van der Waals surface area contributed by atoms with Gasteiger partial charge in [-0.2, -0.15) is 0 Å². The van der Waals surface area contributed by atoms with E-state index in [-0.39, 0.29) is 36.2 Å². The van der Waals surface area contributed by atoms with Crippen LogP contribution in [0.2, 0.25) is 0 Å². The first-order chi connectivity index (χ1) is 12.4. The van der Waals surface area contributed by atoms with E-state index in [4.69, 9.17) is 4.74 Å². The molecular weight excluding hydrogens is 335 g/mol. The number of carbonyl (C=O) groups is 2. The summed E-state index contributed by atoms with van der Waals surface area (Å²) in [5, 5.41) is 2.67. The number of nitrogens with zero attached hydrogens (tertiary/aromatic N) is 1. The molecule has 1 amide bonds. The highest BCUT2D eigenvalue weighted by Gasteiger charge is 2.59. The van der Waals surface area contributed by atoms with Crippen molar-refractivity contribution >= 4 is 17.6 Å². The maximum atomic E-state index is 13.9. The number of halogens is 1. The summed E-state index contributed by atoms with van der Waals surface area (Å²) in [5.74, 6) is -0.838. The van der Waals surface area contributed by atoms with E-state index in [2.05, 4.69) is 10.2 Å². The van der Waals surface area contributed by atoms with Gasteiger partial charge in [-0.3, -0.25) is 14.5 Å². The fourth-order valence-electron chi connectivity index (χ4n) is 4.65. The second-order valence-electron chi connectivity index (χ2n) is 7.39. The quantitative estimate of drug-likeness (QED) is 0.789. The van der Waals surface area contributed by atoms with Crippen molar-refractivity contribution in [3.05, 3.63) is 29.6 Å². The molecule has 0 radical (unpaired) electrons. The van der Waals surface area contributed by atoms with Crippen LogP contribution in [0.3, 0.4) is 0 Å². The van der Waals surface area contributed by atoms with Gasteiger partial charge in [0.1, 0.15) is 5.82 Å². The molecule has 0 unspecified atom stereocenters. The highest BCUT2D eigenvalue weighted by Crippen LogP contribution is 2.52. The van der Waals surface area contributed by atoms with Crippen LogP contribution in [0.1, 0.15) is 45.1 Å². The Kier molecular flexibility index (Phi) is 5.32. The average Bonchev–Trinajstić information content (AvgIpc) is 3.13. The van der Waals surface area contributed by atoms with E-state index in [1.165, 1.54) is 6.07 Å². The molecule has 2 saturated heterocycles. The standard InChI is InChI=1S/C20H27FN2O3/c1-4-20(19(25)26-5-2)11-14-7-9-17(20)23(14)12-18(24)22-16-10-13(3)6-8-15(16)21/h6,8,10,14,17H,4-5,7,9,11-12H2,1-3H3,(H,22,24)/t14-,17+,20+/m1/s1. The van der Waals surface area contributed by atoms with E-state index >= 15 is 0 Å². The lowest BCUT2D eigenvalue weighted by molar-refractivity contribution is -0.158. The smallest absolute Gasteiger partial charge is 0.313 e. The lowest BCUT2D eigenvalue weighted by Gasteiger charge is -2.34. The number of esters is 1. The molecule has 2 fully saturated rings. The Morgan fingerprint density at radius 2 is 2.12 bits per heavy atom. The molecule has 5 nitrogen and oxygen atoms in total. The van der Waals surface area contributed by atoms with Gasteiger partial charge < -0.3 is 10.1 Å². The molecular formula is C20H27FN2O3. The van der Waals surface area contributed by atoms with Gasteiger partial charge in [0.25, 0.3) is 0 Å². The predicted molar refractivity (Wildman–Crippen MR) is 97.3 cm³/mol. The van der Waals surface area contributed by atoms with Crippen LogP contribution in [-0.4, -0.2) is 42.0 Å². The summed E-state index contributed by atoms with van der Waals surface area (Å²) < 4.78 is 19.2. The van der Waals surface area contributed by atoms with Crippen LogP contribution in [0.25, 0.3) is 0 Å². The second kappa shape index (κ2) is 7.35. The van der Waals surface area contributed by atoms with Crippen molar-refractivity contribution < 1.29 is 18.7 Å². The largest absolute Gasteiger partial charge is 0.466 e. The van der Waals surface area contributed by atoms with E-state index in [0.717, 1.165) is 24.8 Å². The summed E-state index contributed by atoms with van der Waals surface area (Å²) in [6, 6.07) is 4.87. The summed E-state index contributed by atoms with van der Waals surface area (Å²) in [7, 11) is 0. The Bertz CT molecular complexity index is 708. The van der Waals surface area contributed by atoms with E-state index in [1.807, 2.05) is 20.8 Å². The number of benzene rings is 1. The molecule has 0 spiro atoms. The molecule has 2 aliphatic heterocycles. The number of hydrogen-bond acceptors (Lipinski definition) is 4. The number of carbonyl (C=O) groups excluding carboxylic acids is 2. The molecule has 0 aliphatic carbocycles. The zero-order valence-electron chi connectivity index (χ0n) is 15.7. The van der Waals surface area contributed by atoms with Crippen molar-refractivity contribution in [1.82, 2.24) is 4.90 Å². The van der Waals surface area contributed by atoms with Gasteiger partial charge in [0.2, 0.25) is 5.91 Å². The van der Waals surface area contributed by atoms with Gasteiger partial charge in [0.05, 0.1) is 24.3 Å². The molecule has 1 N–H and O–H groups in total. The van der Waals surface area contributed by atoms with Crippen molar-refractivity contribution in [3.8, 4) is 0 Å². The number of rotatable bonds is 6. The van der Waals surface area contributed by atoms with Crippen LogP contribution in [0.15, 0.2) is 18.2 Å². The molecule has 26 heavy (non-hydrogen) atoms. The van der Waals surface area contributed by atoms with Crippen LogP contribution < -0.4 is 5.32 Å². The van der Waals surface area contributed by atoms with Gasteiger partial charge in [-0.05, 0) is 57.2 Å². The molecule has 6 heteroatoms. The maximum absolute atomic E-state index is 13.9. The number of amides is 1. The third kappa shape index (κ3) is 3.22. The van der Waals surface area contributed by atoms with Gasteiger partial charge in [-0.1, -0.05) is 13.0 Å². The minimum absolute atomic E-state index is 0.0182. The van der Waals surface area contributed by atoms with E-state index in [9.17, 15) is 14.0 Å². The highest BCUT2D eigenvalue weighted by atomic mass is 19.1. The van der Waals surface area contributed by atoms with Crippen molar-refractivity contribution in [2.24, 2.45) is 5.41 Å². The Morgan fingerprint density at radius 3 is 2.81 bits per heavy atom. The lowest BCUT2D eigenvalue weighted by Crippen LogP contribution is -2.45. The SMILES string of the molecule is CCOC(=O)[C@@]1(CC)C[C@H]2CC[C@@H]1N2CC(=O)Nc1cc(C)ccc1F. The van der Waals surface area contributed by atoms with Crippen molar-refractivity contribution in [1.29, 1.82) is 0 Å². The number of aryl methyl sites for hydroxylation is 1. The van der Waals surface area contributed by atoms with Crippen molar-refractivity contribution in [2.75, 3.05) is 18.5 Å². The summed E-state index contributed by atoms with van der Waals surface area (Å²) in [5.41, 5.74) is 0.567. The summed E-state index contributed by atoms with van der Waals surface area (Å²) >= 11 is 0. The van der Waals surface area contributed by atoms with E-state index in [0.29, 0.717) is 13.0 Å². The first-order valence-corrected chi connectivity index (χ1v) is 9.40. The zero-order valence-corrected chi connectivity index (χ0v) is 15.7. The van der Waals surface area contributed by atoms with Gasteiger partial charge in [0.15, 0.2) is 0 Å². The number of nitrogens with one attached hydrogen (secondary N) is 1. The number of hydrogen-bond donors (Lipinski definition) is 1. The highest BCUT2D eigenvalue weighted by molar-refractivity contribution is 5.92. The normalized spacial score (nSPS) is 27.5. The monoisotopic (exact) mass is 362 g/mol. The summed E-state index contributed by atoms with van der Waals surface area (Å²) in [4.78, 5) is 27.2. The molecule has 3 atom stereocenters. The Hall–Kier alpha value is -1.95. The van der Waals surface area contributed by atoms with Crippen LogP contribution >= 0.6 is 0 Å². The summed E-state index contributed by atoms with van der Waals surface area (Å²) in [6.45, 7) is 6.22. The molecule has 2 heterocycles. The van der Waals surface area contributed by atoms with Crippen LogP contribution in [0.4, 0.5) is 10.1 Å². The van der Waals surface area contributed by atoms with E-state index < -0.39 is 11.2 Å². The number of anilines is 1. The Morgan fingerprint density at radius 1 is 1.35 bits per heavy atom. The minimum atomic E-state index is -0.520. The topological polar surface area (TPSA) is 58.6 Å². The Balaban J connectivity index is 1.71. The fourth-order valence-corrected chi connectivity index (χ4v) is 4.65. The van der Waals surface area contributed by atoms with Crippen LogP contribution in [-0.2, 0) is 14.3 Å². The van der Waals surface area contributed by atoms with Crippen molar-refractivity contribution in [3.63, 3.8) is 0 Å².